The molecule has 0 radical (unpaired) electrons. The third-order valence-electron chi connectivity index (χ3n) is 12.0. The summed E-state index contributed by atoms with van der Waals surface area (Å²) in [6.45, 7) is 5.82. The van der Waals surface area contributed by atoms with Crippen LogP contribution in [0, 0.1) is 23.2 Å². The Kier molecular flexibility index (Phi) is 12.1. The number of ether oxygens (including phenoxy) is 2. The van der Waals surface area contributed by atoms with Gasteiger partial charge in [0.25, 0.3) is 0 Å². The zero-order chi connectivity index (χ0) is 33.6. The van der Waals surface area contributed by atoms with E-state index in [0.29, 0.717) is 36.8 Å². The highest BCUT2D eigenvalue weighted by atomic mass is 19.1. The highest BCUT2D eigenvalue weighted by Crippen LogP contribution is 2.63. The fourth-order valence-corrected chi connectivity index (χ4v) is 9.46. The van der Waals surface area contributed by atoms with Gasteiger partial charge < -0.3 is 24.6 Å². The summed E-state index contributed by atoms with van der Waals surface area (Å²) in [5, 5.41) is 21.3. The Morgan fingerprint density at radius 3 is 2.43 bits per heavy atom. The number of carbonyl (C=O) groups excluding carboxylic acids is 1. The van der Waals surface area contributed by atoms with E-state index in [1.807, 2.05) is 30.3 Å². The molecule has 3 aliphatic carbocycles. The lowest BCUT2D eigenvalue weighted by Crippen LogP contribution is -2.51. The van der Waals surface area contributed by atoms with Crippen molar-refractivity contribution in [2.45, 2.75) is 122 Å². The standard InChI is InChI=1S/C40H58FNO5/c1-5-6-7-8-9-11-20-42(37(45)23-27-14-18-34(46-3)35(22-27)47-4)21-12-10-13-28-24-29-25-30(43)15-16-31(29)39-33(41)26-40(2)32(38(28)39)17-19-36(40)44/h14-16,18,22,25,28,32-33,36,38-39,43-44H,5-13,17,19-21,23-24,26H2,1-4H3/t28-,32+,33+,36+,38+,39+,40+/m1/s1. The molecule has 7 heteroatoms. The molecule has 0 bridgehead atoms. The molecule has 2 N–H and O–H groups in total. The zero-order valence-electron chi connectivity index (χ0n) is 29.2. The van der Waals surface area contributed by atoms with Gasteiger partial charge in [-0.05, 0) is 109 Å². The van der Waals surface area contributed by atoms with Crippen LogP contribution >= 0.6 is 0 Å². The van der Waals surface area contributed by atoms with Crippen molar-refractivity contribution in [2.24, 2.45) is 23.2 Å². The summed E-state index contributed by atoms with van der Waals surface area (Å²) in [4.78, 5) is 15.7. The smallest absolute Gasteiger partial charge is 0.226 e. The van der Waals surface area contributed by atoms with Crippen molar-refractivity contribution in [3.8, 4) is 17.2 Å². The summed E-state index contributed by atoms with van der Waals surface area (Å²) in [6, 6.07) is 11.2. The van der Waals surface area contributed by atoms with Crippen LogP contribution in [0.1, 0.15) is 114 Å². The maximum Gasteiger partial charge on any atom is 0.226 e. The Hall–Kier alpha value is -2.80. The van der Waals surface area contributed by atoms with E-state index in [-0.39, 0.29) is 34.8 Å². The van der Waals surface area contributed by atoms with Gasteiger partial charge in [0, 0.05) is 19.0 Å². The number of aliphatic hydroxyl groups is 1. The van der Waals surface area contributed by atoms with Crippen molar-refractivity contribution in [3.63, 3.8) is 0 Å². The number of rotatable bonds is 16. The molecule has 47 heavy (non-hydrogen) atoms. The number of phenolic OH excluding ortho intramolecular Hbond substituents is 1. The summed E-state index contributed by atoms with van der Waals surface area (Å²) in [5.74, 6) is 2.25. The molecular weight excluding hydrogens is 593 g/mol. The van der Waals surface area contributed by atoms with E-state index in [2.05, 4.69) is 18.7 Å². The minimum absolute atomic E-state index is 0.135. The number of fused-ring (bicyclic) bond motifs is 5. The minimum Gasteiger partial charge on any atom is -0.508 e. The van der Waals surface area contributed by atoms with E-state index in [1.165, 1.54) is 25.7 Å². The van der Waals surface area contributed by atoms with E-state index < -0.39 is 12.3 Å². The molecule has 1 amide bonds. The van der Waals surface area contributed by atoms with E-state index in [9.17, 15) is 15.0 Å². The number of benzene rings is 2. The second kappa shape index (κ2) is 16.1. The van der Waals surface area contributed by atoms with Crippen LogP contribution in [-0.2, 0) is 17.6 Å². The van der Waals surface area contributed by atoms with Crippen LogP contribution in [0.25, 0.3) is 0 Å². The van der Waals surface area contributed by atoms with Crippen LogP contribution in [-0.4, -0.2) is 60.6 Å². The molecule has 0 aromatic heterocycles. The molecule has 0 unspecified atom stereocenters. The van der Waals surface area contributed by atoms with Gasteiger partial charge in [-0.2, -0.15) is 0 Å². The molecule has 5 rings (SSSR count). The number of hydrogen-bond donors (Lipinski definition) is 2. The lowest BCUT2D eigenvalue weighted by atomic mass is 9.51. The van der Waals surface area contributed by atoms with Gasteiger partial charge in [0.1, 0.15) is 11.9 Å². The van der Waals surface area contributed by atoms with E-state index >= 15 is 4.39 Å². The Bertz CT molecular complexity index is 1330. The number of alkyl halides is 1. The number of hydrogen-bond acceptors (Lipinski definition) is 5. The van der Waals surface area contributed by atoms with Crippen molar-refractivity contribution in [1.82, 2.24) is 4.90 Å². The number of methoxy groups -OCH3 is 2. The van der Waals surface area contributed by atoms with Gasteiger partial charge in [-0.1, -0.05) is 64.5 Å². The Morgan fingerprint density at radius 1 is 0.957 bits per heavy atom. The van der Waals surface area contributed by atoms with Gasteiger partial charge >= 0.3 is 0 Å². The molecule has 6 nitrogen and oxygen atoms in total. The summed E-state index contributed by atoms with van der Waals surface area (Å²) in [5.41, 5.74) is 2.68. The highest BCUT2D eigenvalue weighted by molar-refractivity contribution is 5.79. The summed E-state index contributed by atoms with van der Waals surface area (Å²) in [6.07, 6.45) is 11.7. The SMILES string of the molecule is CCCCCCCCN(CCCC[C@@H]1Cc2cc(O)ccc2[C@@H]2[C@@H]1[C@@H]1CC[C@H](O)[C@@]1(C)C[C@@H]2F)C(=O)Cc1ccc(OC)c(OC)c1. The van der Waals surface area contributed by atoms with Gasteiger partial charge in [0.15, 0.2) is 11.5 Å². The average molecular weight is 652 g/mol. The molecule has 3 aliphatic rings. The first-order valence-electron chi connectivity index (χ1n) is 18.3. The molecule has 260 valence electrons. The van der Waals surface area contributed by atoms with E-state index in [4.69, 9.17) is 9.47 Å². The topological polar surface area (TPSA) is 79.2 Å². The molecule has 2 fully saturated rings. The van der Waals surface area contributed by atoms with Crippen molar-refractivity contribution >= 4 is 5.91 Å². The fourth-order valence-electron chi connectivity index (χ4n) is 9.46. The van der Waals surface area contributed by atoms with E-state index in [0.717, 1.165) is 74.6 Å². The Morgan fingerprint density at radius 2 is 1.68 bits per heavy atom. The Balaban J connectivity index is 1.26. The van der Waals surface area contributed by atoms with Crippen molar-refractivity contribution in [3.05, 3.63) is 53.1 Å². The predicted molar refractivity (Wildman–Crippen MR) is 185 cm³/mol. The molecule has 0 saturated heterocycles. The number of amides is 1. The van der Waals surface area contributed by atoms with Gasteiger partial charge in [-0.15, -0.1) is 0 Å². The average Bonchev–Trinajstić information content (AvgIpc) is 3.35. The number of aliphatic hydroxyl groups excluding tert-OH is 1. The lowest BCUT2D eigenvalue weighted by molar-refractivity contribution is -0.130. The van der Waals surface area contributed by atoms with Crippen LogP contribution in [0.2, 0.25) is 0 Å². The van der Waals surface area contributed by atoms with Crippen molar-refractivity contribution < 1.29 is 28.9 Å². The van der Waals surface area contributed by atoms with Crippen LogP contribution < -0.4 is 9.47 Å². The first-order chi connectivity index (χ1) is 22.7. The zero-order valence-corrected chi connectivity index (χ0v) is 29.2. The van der Waals surface area contributed by atoms with Crippen molar-refractivity contribution in [2.75, 3.05) is 27.3 Å². The maximum absolute atomic E-state index is 16.2. The van der Waals surface area contributed by atoms with Gasteiger partial charge in [-0.25, -0.2) is 4.39 Å². The molecule has 2 aromatic carbocycles. The monoisotopic (exact) mass is 651 g/mol. The molecular formula is C40H58FNO5. The molecule has 2 aromatic rings. The second-order valence-electron chi connectivity index (χ2n) is 14.9. The van der Waals surface area contributed by atoms with Crippen molar-refractivity contribution in [1.29, 1.82) is 0 Å². The first kappa shape index (κ1) is 35.5. The van der Waals surface area contributed by atoms with Crippen LogP contribution in [0.5, 0.6) is 17.2 Å². The Labute approximate surface area is 282 Å². The summed E-state index contributed by atoms with van der Waals surface area (Å²) >= 11 is 0. The van der Waals surface area contributed by atoms with Crippen LogP contribution in [0.3, 0.4) is 0 Å². The first-order valence-corrected chi connectivity index (χ1v) is 18.3. The lowest BCUT2D eigenvalue weighted by Gasteiger charge is -2.54. The van der Waals surface area contributed by atoms with Gasteiger partial charge in [0.05, 0.1) is 26.7 Å². The summed E-state index contributed by atoms with van der Waals surface area (Å²) < 4.78 is 27.0. The second-order valence-corrected chi connectivity index (χ2v) is 14.9. The third-order valence-corrected chi connectivity index (χ3v) is 12.0. The maximum atomic E-state index is 16.2. The molecule has 0 aliphatic heterocycles. The van der Waals surface area contributed by atoms with Gasteiger partial charge in [-0.3, -0.25) is 4.79 Å². The largest absolute Gasteiger partial charge is 0.508 e. The highest BCUT2D eigenvalue weighted by Gasteiger charge is 2.59. The predicted octanol–water partition coefficient (Wildman–Crippen LogP) is 8.40. The van der Waals surface area contributed by atoms with Crippen LogP contribution in [0.15, 0.2) is 36.4 Å². The summed E-state index contributed by atoms with van der Waals surface area (Å²) in [7, 11) is 3.22. The van der Waals surface area contributed by atoms with E-state index in [1.54, 1.807) is 20.3 Å². The van der Waals surface area contributed by atoms with Crippen LogP contribution in [0.4, 0.5) is 4.39 Å². The third kappa shape index (κ3) is 7.92. The quantitative estimate of drug-likeness (QED) is 0.178. The number of unbranched alkanes of at least 4 members (excludes halogenated alkanes) is 6. The number of halogens is 1. The number of aromatic hydroxyl groups is 1. The molecule has 7 atom stereocenters. The number of phenols is 1. The molecule has 2 saturated carbocycles. The van der Waals surface area contributed by atoms with Gasteiger partial charge in [0.2, 0.25) is 5.91 Å². The number of carbonyl (C=O) groups is 1. The normalized spacial score (nSPS) is 27.9. The number of nitrogens with zero attached hydrogens (tertiary/aromatic N) is 1. The fraction of sp³-hybridized carbons (Fsp3) is 0.675. The molecule has 0 heterocycles. The molecule has 0 spiro atoms. The minimum atomic E-state index is -0.998.